The number of carbonyl (C=O) groups excluding carboxylic acids is 10. The number of hydrogen-bond acceptors (Lipinski definition) is 16. The molecular formula is C64H103IN11O15-. The predicted octanol–water partition coefficient (Wildman–Crippen LogP) is -1.39. The fraction of sp³-hybridized carbons (Fsp3) is 0.656. The molecule has 10 atom stereocenters. The number of likely N-dealkylation sites (tertiary alicyclic amines) is 1. The molecule has 0 spiro atoms. The van der Waals surface area contributed by atoms with Crippen LogP contribution in [0.15, 0.2) is 60.7 Å². The number of ether oxygens (including phenoxy) is 5. The first-order valence-corrected chi connectivity index (χ1v) is 33.9. The number of alkyl carbamates (subject to hydrolysis) is 1. The monoisotopic (exact) mass is 1390 g/mol. The second kappa shape index (κ2) is 42.6. The number of amides is 10. The molecule has 10 amide bonds. The number of alkyl halides is 2. The zero-order chi connectivity index (χ0) is 67.6. The summed E-state index contributed by atoms with van der Waals surface area (Å²) in [6.07, 6.45) is -0.505. The summed E-state index contributed by atoms with van der Waals surface area (Å²) in [7, 11) is 8.49. The average molecular weight is 1390 g/mol. The summed E-state index contributed by atoms with van der Waals surface area (Å²) in [5, 5.41) is 19.0. The number of nitrogens with two attached hydrogens (primary N) is 1. The SMILES string of the molecule is CC[C@@H](C)[C@@H]([C@@H](CC(=O)N1CCC[C@H]1[C@H](OC)[C@@H](C)C(=O)N[C@@H](Cc1ccccc1)C(=O)NCCOCCOCCC(=O)NCCNC(=O)CNC(=O)C(CCC(N)=O)NC(=O)OCc1ccccc1)OC)N(C)C(=O)C(NC(=O)[C@H](C(C)C)N(C)C)[I-]C(C)C. The molecule has 1 aliphatic heterocycles. The van der Waals surface area contributed by atoms with Crippen LogP contribution < -0.4 is 64.2 Å². The Morgan fingerprint density at radius 3 is 1.88 bits per heavy atom. The van der Waals surface area contributed by atoms with Crippen LogP contribution in [0.25, 0.3) is 0 Å². The minimum atomic E-state index is -1.19. The first-order valence-electron chi connectivity index (χ1n) is 31.4. The molecule has 1 fully saturated rings. The van der Waals surface area contributed by atoms with Crippen LogP contribution in [-0.4, -0.2) is 219 Å². The molecule has 0 bridgehead atoms. The Balaban J connectivity index is 1.47. The van der Waals surface area contributed by atoms with Crippen LogP contribution in [0.4, 0.5) is 4.79 Å². The molecule has 2 aromatic carbocycles. The molecule has 1 heterocycles. The van der Waals surface area contributed by atoms with Gasteiger partial charge in [-0.3, -0.25) is 28.8 Å². The van der Waals surface area contributed by atoms with E-state index < -0.39 is 116 Å². The standard InChI is InChI=1S/C64H103IN11O15/c1-13-43(6)56(75(10)63(85)58(65-42(4)5)73-62(84)55(41(2)3)74(8)9)50(87-11)38-54(80)76-32-20-25-49(76)57(88-12)44(7)59(81)71-48(37-45-21-16-14-17-22-45)61(83)69-31-34-90-36-35-89-33-28-52(78)67-29-30-68-53(79)39-70-60(82)47(26-27-51(66)77)72-64(86)91-40-46-23-18-15-19-24-46/h14-19,21-24,41-44,47-50,55-58H,13,20,25-40H2,1-12H3,(H2,66,77)(H,67,78)(H,68,79)(H,69,83)(H,70,82)(H,71,81)(H,72,86)(H,73,84)/q-1/t43-,44-,47?,48+,49+,50-,55+,56+,57-,58?/m1/s1. The van der Waals surface area contributed by atoms with Crippen molar-refractivity contribution in [1.82, 2.24) is 51.9 Å². The second-order valence-electron chi connectivity index (χ2n) is 23.5. The molecule has 2 unspecified atom stereocenters. The summed E-state index contributed by atoms with van der Waals surface area (Å²) in [4.78, 5) is 137. The van der Waals surface area contributed by atoms with Crippen molar-refractivity contribution in [3.05, 3.63) is 71.8 Å². The van der Waals surface area contributed by atoms with Gasteiger partial charge in [-0.1, -0.05) is 60.7 Å². The molecule has 0 saturated carbocycles. The molecule has 512 valence electrons. The number of rotatable bonds is 43. The number of carbonyl (C=O) groups is 10. The fourth-order valence-corrected chi connectivity index (χ4v) is 13.4. The molecule has 0 aliphatic carbocycles. The van der Waals surface area contributed by atoms with E-state index in [2.05, 4.69) is 51.1 Å². The van der Waals surface area contributed by atoms with Gasteiger partial charge in [0.05, 0.1) is 33.0 Å². The van der Waals surface area contributed by atoms with E-state index in [0.717, 1.165) is 11.1 Å². The quantitative estimate of drug-likeness (QED) is 0.0164. The maximum absolute atomic E-state index is 14.6. The number of methoxy groups -OCH3 is 2. The van der Waals surface area contributed by atoms with Gasteiger partial charge in [0.25, 0.3) is 0 Å². The van der Waals surface area contributed by atoms with Gasteiger partial charge in [-0.15, -0.1) is 0 Å². The van der Waals surface area contributed by atoms with E-state index in [9.17, 15) is 47.9 Å². The molecule has 9 N–H and O–H groups in total. The summed E-state index contributed by atoms with van der Waals surface area (Å²) in [6.45, 7) is 14.6. The van der Waals surface area contributed by atoms with Crippen molar-refractivity contribution in [3.8, 4) is 0 Å². The Morgan fingerprint density at radius 2 is 1.30 bits per heavy atom. The minimum absolute atomic E-state index is 0.0168. The van der Waals surface area contributed by atoms with E-state index in [1.54, 1.807) is 55.1 Å². The van der Waals surface area contributed by atoms with Crippen LogP contribution in [0.3, 0.4) is 0 Å². The van der Waals surface area contributed by atoms with Crippen LogP contribution in [0.1, 0.15) is 105 Å². The van der Waals surface area contributed by atoms with Crippen LogP contribution in [0.2, 0.25) is 0 Å². The first-order chi connectivity index (χ1) is 43.3. The number of benzene rings is 2. The van der Waals surface area contributed by atoms with Gasteiger partial charge < -0.3 is 51.8 Å². The molecule has 1 aliphatic rings. The second-order valence-corrected chi connectivity index (χ2v) is 27.9. The number of likely N-dealkylation sites (N-methyl/N-ethyl adjacent to an activating group) is 2. The number of nitrogens with one attached hydrogen (secondary N) is 7. The summed E-state index contributed by atoms with van der Waals surface area (Å²) in [6, 6.07) is 14.6. The van der Waals surface area contributed by atoms with Crippen molar-refractivity contribution in [3.63, 3.8) is 0 Å². The van der Waals surface area contributed by atoms with Gasteiger partial charge in [0.1, 0.15) is 18.7 Å². The molecule has 1 saturated heterocycles. The first kappa shape index (κ1) is 78.7. The van der Waals surface area contributed by atoms with Crippen LogP contribution in [-0.2, 0) is 79.9 Å². The number of halogens is 1. The third-order valence-electron chi connectivity index (χ3n) is 15.6. The van der Waals surface area contributed by atoms with Crippen molar-refractivity contribution >= 4 is 59.3 Å². The third kappa shape index (κ3) is 28.5. The van der Waals surface area contributed by atoms with Gasteiger partial charge in [-0.25, -0.2) is 4.79 Å². The van der Waals surface area contributed by atoms with E-state index in [1.165, 1.54) is 7.11 Å². The van der Waals surface area contributed by atoms with Crippen LogP contribution >= 0.6 is 0 Å². The van der Waals surface area contributed by atoms with E-state index in [-0.39, 0.29) is 124 Å². The number of nitrogens with zero attached hydrogens (tertiary/aromatic N) is 3. The Labute approximate surface area is 547 Å². The van der Waals surface area contributed by atoms with Gasteiger partial charge in [-0.2, -0.15) is 0 Å². The van der Waals surface area contributed by atoms with E-state index in [4.69, 9.17) is 29.4 Å². The third-order valence-corrected chi connectivity index (χ3v) is 18.6. The van der Waals surface area contributed by atoms with Crippen LogP contribution in [0.5, 0.6) is 0 Å². The maximum atomic E-state index is 14.6. The van der Waals surface area contributed by atoms with Gasteiger partial charge >= 0.3 is 267 Å². The van der Waals surface area contributed by atoms with E-state index in [0.29, 0.717) is 25.8 Å². The van der Waals surface area contributed by atoms with Gasteiger partial charge in [0.15, 0.2) is 0 Å². The summed E-state index contributed by atoms with van der Waals surface area (Å²) >= 11 is -0.810. The Kier molecular flexibility index (Phi) is 36.8. The fourth-order valence-electron chi connectivity index (χ4n) is 10.8. The topological polar surface area (TPSA) is 337 Å². The zero-order valence-electron chi connectivity index (χ0n) is 55.4. The molecule has 26 nitrogen and oxygen atoms in total. The molecule has 0 aromatic heterocycles. The van der Waals surface area contributed by atoms with Gasteiger partial charge in [0, 0.05) is 38.9 Å². The molecular weight excluding hydrogens is 1290 g/mol. The molecule has 2 aromatic rings. The molecule has 27 heteroatoms. The molecule has 91 heavy (non-hydrogen) atoms. The summed E-state index contributed by atoms with van der Waals surface area (Å²) in [5.74, 6) is -4.62. The van der Waals surface area contributed by atoms with Crippen molar-refractivity contribution in [2.75, 3.05) is 94.5 Å². The Morgan fingerprint density at radius 1 is 0.681 bits per heavy atom. The predicted molar refractivity (Wildman–Crippen MR) is 338 cm³/mol. The van der Waals surface area contributed by atoms with E-state index in [1.807, 2.05) is 83.1 Å². The molecule has 3 rings (SSSR count). The normalized spacial score (nSPS) is 16.1. The average Bonchev–Trinajstić information content (AvgIpc) is 1.83. The van der Waals surface area contributed by atoms with Crippen molar-refractivity contribution < 1.29 is 92.8 Å². The van der Waals surface area contributed by atoms with Gasteiger partial charge in [-0.05, 0) is 17.5 Å². The number of hydrogen-bond donors (Lipinski definition) is 8. The van der Waals surface area contributed by atoms with Crippen molar-refractivity contribution in [1.29, 1.82) is 0 Å². The van der Waals surface area contributed by atoms with Crippen LogP contribution in [0, 0.1) is 17.8 Å². The van der Waals surface area contributed by atoms with Gasteiger partial charge in [0.2, 0.25) is 29.5 Å². The zero-order valence-corrected chi connectivity index (χ0v) is 57.5. The molecule has 0 radical (unpaired) electrons. The van der Waals surface area contributed by atoms with Crippen molar-refractivity contribution in [2.45, 2.75) is 157 Å². The van der Waals surface area contributed by atoms with Crippen molar-refractivity contribution in [2.24, 2.45) is 23.5 Å². The Bertz CT molecular complexity index is 2580. The summed E-state index contributed by atoms with van der Waals surface area (Å²) < 4.78 is 28.1. The Hall–Kier alpha value is -6.53. The number of primary amides is 1. The van der Waals surface area contributed by atoms with E-state index >= 15 is 0 Å². The summed E-state index contributed by atoms with van der Waals surface area (Å²) in [5.41, 5.74) is 6.78.